The molecule has 2 N–H and O–H groups in total. The van der Waals surface area contributed by atoms with E-state index in [0.717, 1.165) is 16.7 Å². The number of ether oxygens (including phenoxy) is 1. The molecule has 0 saturated heterocycles. The minimum atomic E-state index is 0.216. The molecule has 3 aromatic rings. The summed E-state index contributed by atoms with van der Waals surface area (Å²) in [6.45, 7) is 2.72. The maximum absolute atomic E-state index is 9.40. The van der Waals surface area contributed by atoms with Crippen molar-refractivity contribution in [3.8, 4) is 11.9 Å². The third-order valence-electron chi connectivity index (χ3n) is 3.98. The summed E-state index contributed by atoms with van der Waals surface area (Å²) < 4.78 is 7.29. The maximum atomic E-state index is 9.40. The highest BCUT2D eigenvalue weighted by atomic mass is 35.5. The molecule has 0 radical (unpaired) electrons. The predicted octanol–water partition coefficient (Wildman–Crippen LogP) is 3.93. The van der Waals surface area contributed by atoms with E-state index in [2.05, 4.69) is 11.2 Å². The van der Waals surface area contributed by atoms with Crippen molar-refractivity contribution in [1.82, 2.24) is 9.78 Å². The lowest BCUT2D eigenvalue weighted by Crippen LogP contribution is -2.07. The Morgan fingerprint density at radius 1 is 1.16 bits per heavy atom. The second-order valence-electron chi connectivity index (χ2n) is 5.64. The summed E-state index contributed by atoms with van der Waals surface area (Å²) in [6.07, 6.45) is 0. The Bertz CT molecular complexity index is 943. The molecule has 0 aliphatic heterocycles. The molecule has 25 heavy (non-hydrogen) atoms. The van der Waals surface area contributed by atoms with E-state index < -0.39 is 0 Å². The van der Waals surface area contributed by atoms with Gasteiger partial charge in [0.05, 0.1) is 6.54 Å². The van der Waals surface area contributed by atoms with Gasteiger partial charge in [0.2, 0.25) is 0 Å². The van der Waals surface area contributed by atoms with Crippen LogP contribution in [0.25, 0.3) is 0 Å². The van der Waals surface area contributed by atoms with Crippen LogP contribution in [-0.4, -0.2) is 9.78 Å². The van der Waals surface area contributed by atoms with Gasteiger partial charge in [-0.25, -0.2) is 4.68 Å². The van der Waals surface area contributed by atoms with Gasteiger partial charge in [0.15, 0.2) is 5.56 Å². The number of nitrogen functional groups attached to an aromatic ring is 1. The topological polar surface area (TPSA) is 76.9 Å². The number of nitrogens with zero attached hydrogens (tertiary/aromatic N) is 3. The third-order valence-corrected chi connectivity index (χ3v) is 4.34. The molecule has 1 heterocycles. The largest absolute Gasteiger partial charge is 0.471 e. The minimum Gasteiger partial charge on any atom is -0.471 e. The predicted molar refractivity (Wildman–Crippen MR) is 97.4 cm³/mol. The first-order valence-corrected chi connectivity index (χ1v) is 8.15. The van der Waals surface area contributed by atoms with Gasteiger partial charge < -0.3 is 10.5 Å². The maximum Gasteiger partial charge on any atom is 0.253 e. The first-order valence-electron chi connectivity index (χ1n) is 7.77. The Balaban J connectivity index is 1.85. The van der Waals surface area contributed by atoms with Gasteiger partial charge >= 0.3 is 0 Å². The average Bonchev–Trinajstić information content (AvgIpc) is 2.91. The van der Waals surface area contributed by atoms with E-state index in [9.17, 15) is 5.26 Å². The fourth-order valence-electron chi connectivity index (χ4n) is 2.49. The smallest absolute Gasteiger partial charge is 0.253 e. The Morgan fingerprint density at radius 2 is 1.84 bits per heavy atom. The zero-order valence-electron chi connectivity index (χ0n) is 13.7. The van der Waals surface area contributed by atoms with Crippen LogP contribution in [0.5, 0.6) is 5.88 Å². The summed E-state index contributed by atoms with van der Waals surface area (Å²) in [6, 6.07) is 17.4. The summed E-state index contributed by atoms with van der Waals surface area (Å²) in [5.41, 5.74) is 9.36. The van der Waals surface area contributed by atoms with Crippen LogP contribution in [-0.2, 0) is 13.2 Å². The number of nitriles is 1. The molecule has 6 heteroatoms. The van der Waals surface area contributed by atoms with E-state index in [1.807, 2.05) is 49.4 Å². The zero-order chi connectivity index (χ0) is 17.8. The third kappa shape index (κ3) is 3.59. The molecule has 0 bridgehead atoms. The second kappa shape index (κ2) is 7.29. The quantitative estimate of drug-likeness (QED) is 0.754. The van der Waals surface area contributed by atoms with E-state index in [0.29, 0.717) is 17.4 Å². The summed E-state index contributed by atoms with van der Waals surface area (Å²) in [5.74, 6) is 0.508. The van der Waals surface area contributed by atoms with Gasteiger partial charge in [-0.3, -0.25) is 0 Å². The zero-order valence-corrected chi connectivity index (χ0v) is 14.5. The SMILES string of the molecule is Cc1ccccc1Cn1nc(OCc2ccccc2Cl)c(C#N)c1N. The van der Waals surface area contributed by atoms with Crippen LogP contribution in [0.3, 0.4) is 0 Å². The van der Waals surface area contributed by atoms with Crippen molar-refractivity contribution >= 4 is 17.4 Å². The lowest BCUT2D eigenvalue weighted by atomic mass is 10.1. The molecule has 0 atom stereocenters. The minimum absolute atomic E-state index is 0.216. The van der Waals surface area contributed by atoms with Crippen molar-refractivity contribution < 1.29 is 4.74 Å². The Hall–Kier alpha value is -2.97. The molecular formula is C19H17ClN4O. The number of anilines is 1. The van der Waals surface area contributed by atoms with Crippen LogP contribution in [0.2, 0.25) is 5.02 Å². The number of aryl methyl sites for hydroxylation is 1. The molecule has 0 aliphatic carbocycles. The molecule has 2 aromatic carbocycles. The van der Waals surface area contributed by atoms with E-state index >= 15 is 0 Å². The van der Waals surface area contributed by atoms with Crippen molar-refractivity contribution in [2.24, 2.45) is 0 Å². The van der Waals surface area contributed by atoms with Crippen LogP contribution in [0.1, 0.15) is 22.3 Å². The fraction of sp³-hybridized carbons (Fsp3) is 0.158. The van der Waals surface area contributed by atoms with E-state index in [1.165, 1.54) is 0 Å². The van der Waals surface area contributed by atoms with Crippen molar-refractivity contribution in [3.05, 3.63) is 75.8 Å². The standard InChI is InChI=1S/C19H17ClN4O/c1-13-6-2-3-7-14(13)11-24-18(22)16(10-21)19(23-24)25-12-15-8-4-5-9-17(15)20/h2-9H,11-12,22H2,1H3. The molecule has 0 aliphatic rings. The van der Waals surface area contributed by atoms with Crippen LogP contribution >= 0.6 is 11.6 Å². The number of halogens is 1. The van der Waals surface area contributed by atoms with Gasteiger partial charge in [0.25, 0.3) is 5.88 Å². The van der Waals surface area contributed by atoms with Gasteiger partial charge in [0, 0.05) is 10.6 Å². The Labute approximate surface area is 151 Å². The number of aromatic nitrogens is 2. The van der Waals surface area contributed by atoms with Gasteiger partial charge in [0.1, 0.15) is 18.5 Å². The lowest BCUT2D eigenvalue weighted by Gasteiger charge is -2.07. The first-order chi connectivity index (χ1) is 12.1. The number of hydrogen-bond donors (Lipinski definition) is 1. The van der Waals surface area contributed by atoms with Crippen LogP contribution in [0, 0.1) is 18.3 Å². The Morgan fingerprint density at radius 3 is 2.52 bits per heavy atom. The molecular weight excluding hydrogens is 336 g/mol. The molecule has 126 valence electrons. The molecule has 0 spiro atoms. The van der Waals surface area contributed by atoms with Gasteiger partial charge in [-0.2, -0.15) is 5.26 Å². The summed E-state index contributed by atoms with van der Waals surface area (Å²) >= 11 is 6.13. The molecule has 0 amide bonds. The number of nitrogens with two attached hydrogens (primary N) is 1. The van der Waals surface area contributed by atoms with Crippen molar-refractivity contribution in [2.75, 3.05) is 5.73 Å². The summed E-state index contributed by atoms with van der Waals surface area (Å²) in [4.78, 5) is 0. The Kier molecular flexibility index (Phi) is 4.92. The molecule has 0 unspecified atom stereocenters. The average molecular weight is 353 g/mol. The highest BCUT2D eigenvalue weighted by molar-refractivity contribution is 6.31. The highest BCUT2D eigenvalue weighted by Crippen LogP contribution is 2.26. The molecule has 3 rings (SSSR count). The van der Waals surface area contributed by atoms with Crippen molar-refractivity contribution in [3.63, 3.8) is 0 Å². The van der Waals surface area contributed by atoms with Crippen LogP contribution in [0.4, 0.5) is 5.82 Å². The normalized spacial score (nSPS) is 10.4. The summed E-state index contributed by atoms with van der Waals surface area (Å²) in [7, 11) is 0. The molecule has 1 aromatic heterocycles. The number of hydrogen-bond acceptors (Lipinski definition) is 4. The summed E-state index contributed by atoms with van der Waals surface area (Å²) in [5, 5.41) is 14.4. The van der Waals surface area contributed by atoms with Gasteiger partial charge in [-0.15, -0.1) is 5.10 Å². The second-order valence-corrected chi connectivity index (χ2v) is 6.05. The van der Waals surface area contributed by atoms with Crippen molar-refractivity contribution in [1.29, 1.82) is 5.26 Å². The molecule has 5 nitrogen and oxygen atoms in total. The fourth-order valence-corrected chi connectivity index (χ4v) is 2.68. The van der Waals surface area contributed by atoms with E-state index in [4.69, 9.17) is 22.1 Å². The highest BCUT2D eigenvalue weighted by Gasteiger charge is 2.18. The lowest BCUT2D eigenvalue weighted by molar-refractivity contribution is 0.289. The number of benzene rings is 2. The monoisotopic (exact) mass is 352 g/mol. The van der Waals surface area contributed by atoms with Gasteiger partial charge in [-0.05, 0) is 24.1 Å². The van der Waals surface area contributed by atoms with Crippen LogP contribution < -0.4 is 10.5 Å². The molecule has 0 fully saturated rings. The molecule has 0 saturated carbocycles. The number of rotatable bonds is 5. The van der Waals surface area contributed by atoms with Crippen LogP contribution in [0.15, 0.2) is 48.5 Å². The first kappa shape index (κ1) is 16.9. The van der Waals surface area contributed by atoms with Gasteiger partial charge in [-0.1, -0.05) is 54.1 Å². The van der Waals surface area contributed by atoms with E-state index in [1.54, 1.807) is 10.7 Å². The van der Waals surface area contributed by atoms with E-state index in [-0.39, 0.29) is 18.1 Å². The van der Waals surface area contributed by atoms with Crippen molar-refractivity contribution in [2.45, 2.75) is 20.1 Å².